The summed E-state index contributed by atoms with van der Waals surface area (Å²) in [5.41, 5.74) is -1.22. The van der Waals surface area contributed by atoms with E-state index in [1.165, 1.54) is 0 Å². The molecule has 0 radical (unpaired) electrons. The minimum absolute atomic E-state index is 0.0758. The van der Waals surface area contributed by atoms with Crippen LogP contribution in [-0.2, 0) is 61.7 Å². The Bertz CT molecular complexity index is 1840. The van der Waals surface area contributed by atoms with Gasteiger partial charge in [-0.05, 0) is 90.2 Å². The zero-order valence-corrected chi connectivity index (χ0v) is 38.0. The van der Waals surface area contributed by atoms with Gasteiger partial charge in [-0.15, -0.1) is 0 Å². The van der Waals surface area contributed by atoms with Crippen molar-refractivity contribution in [3.8, 4) is 0 Å². The highest BCUT2D eigenvalue weighted by Crippen LogP contribution is 2.53. The van der Waals surface area contributed by atoms with Crippen molar-refractivity contribution in [1.29, 1.82) is 0 Å². The van der Waals surface area contributed by atoms with E-state index in [1.807, 2.05) is 13.8 Å². The molecule has 0 bridgehead atoms. The Labute approximate surface area is 371 Å². The first-order valence-corrected chi connectivity index (χ1v) is 24.4. The molecule has 11 heterocycles. The van der Waals surface area contributed by atoms with Gasteiger partial charge in [0.15, 0.2) is 0 Å². The molecule has 0 aromatic rings. The zero-order valence-electron chi connectivity index (χ0n) is 38.0. The lowest BCUT2D eigenvalue weighted by Crippen LogP contribution is -2.69. The first kappa shape index (κ1) is 43.7. The molecule has 23 atom stereocenters. The second-order valence-electron chi connectivity index (χ2n) is 22.3. The second-order valence-corrected chi connectivity index (χ2v) is 22.3. The van der Waals surface area contributed by atoms with Gasteiger partial charge in [0.25, 0.3) is 0 Å². The summed E-state index contributed by atoms with van der Waals surface area (Å²) in [6.45, 7) is 16.6. The molecule has 0 unspecified atom stereocenters. The van der Waals surface area contributed by atoms with Crippen LogP contribution in [0.2, 0.25) is 0 Å². The molecule has 0 aliphatic carbocycles. The average Bonchev–Trinajstić information content (AvgIpc) is 3.42. The SMILES string of the molecule is C=C(C=O)C[C@H]1C[C@@H](O)[C@@]2(C)O[C@H]3C[C@H]4O[C@H]5C[C@@]6(C)O[C@@]7(C)CC[C@H]8O[C@H]9C[C@@]%10(C)O[C@H]%11C(C)=CC(=O)O[C@@H]%11C[C@@H]%10O[C@@H]9C[C@H](C)[C@@H]8O[C@@H]7C[C@@H]6O[C@@H]5CCC[C@@H]4O[C@@H]3C[C@@H]2O1. The molecule has 350 valence electrons. The van der Waals surface area contributed by atoms with Gasteiger partial charge >= 0.3 is 5.97 Å². The first-order chi connectivity index (χ1) is 30.0. The van der Waals surface area contributed by atoms with Gasteiger partial charge in [0, 0.05) is 57.4 Å². The van der Waals surface area contributed by atoms with Crippen molar-refractivity contribution in [3.63, 3.8) is 0 Å². The number of fused-ring (bicyclic) bond motifs is 10. The largest absolute Gasteiger partial charge is 0.456 e. The predicted octanol–water partition coefficient (Wildman–Crippen LogP) is 5.31. The quantitative estimate of drug-likeness (QED) is 0.221. The van der Waals surface area contributed by atoms with Crippen molar-refractivity contribution in [2.75, 3.05) is 0 Å². The third-order valence-electron chi connectivity index (χ3n) is 17.7. The predicted molar refractivity (Wildman–Crippen MR) is 224 cm³/mol. The Morgan fingerprint density at radius 3 is 2.16 bits per heavy atom. The Balaban J connectivity index is 0.758. The molecule has 14 nitrogen and oxygen atoms in total. The van der Waals surface area contributed by atoms with Crippen molar-refractivity contribution in [3.05, 3.63) is 23.8 Å². The van der Waals surface area contributed by atoms with Crippen LogP contribution in [0.3, 0.4) is 0 Å². The maximum atomic E-state index is 12.3. The molecular weight excluding hydrogens is 813 g/mol. The van der Waals surface area contributed by atoms with Crippen molar-refractivity contribution in [2.24, 2.45) is 5.92 Å². The first-order valence-electron chi connectivity index (χ1n) is 24.4. The standard InChI is InChI=1S/C49H70O14/c1-24(23-50)13-27-16-38(51)49(7)42(53-27)18-33-34(61-49)17-32-28(54-33)9-8-10-29-36(56-32)22-48(6)41(57-29)20-40-46(4,63-48)12-11-30-44(60-40)25(2)14-31-37(55-30)21-47(5)39(58-31)19-35-45(62-47)26(3)15-43(52)59-35/h15,23,25,27-42,44-45,51H,1,8-14,16-22H2,2-7H3/t25-,27-,28-,29+,30+,31+,32+,33+,34-,35+,36-,37-,38+,39-,40+,41-,42-,44-,45-,46-,47+,48+,49+/m0/s1. The van der Waals surface area contributed by atoms with Gasteiger partial charge in [-0.1, -0.05) is 13.5 Å². The topological polar surface area (TPSA) is 156 Å². The molecule has 14 heteroatoms. The van der Waals surface area contributed by atoms with Crippen LogP contribution in [0.4, 0.5) is 0 Å². The molecule has 0 amide bonds. The summed E-state index contributed by atoms with van der Waals surface area (Å²) >= 11 is 0. The van der Waals surface area contributed by atoms with E-state index in [9.17, 15) is 14.7 Å². The number of aldehydes is 1. The van der Waals surface area contributed by atoms with Crippen LogP contribution in [0, 0.1) is 5.92 Å². The summed E-state index contributed by atoms with van der Waals surface area (Å²) in [6, 6.07) is 0. The summed E-state index contributed by atoms with van der Waals surface area (Å²) in [5, 5.41) is 11.4. The molecule has 0 spiro atoms. The molecule has 10 fully saturated rings. The van der Waals surface area contributed by atoms with Crippen molar-refractivity contribution >= 4 is 12.3 Å². The minimum atomic E-state index is -0.885. The van der Waals surface area contributed by atoms with Crippen LogP contribution >= 0.6 is 0 Å². The summed E-state index contributed by atoms with van der Waals surface area (Å²) in [4.78, 5) is 23.6. The highest BCUT2D eigenvalue weighted by atomic mass is 16.6. The van der Waals surface area contributed by atoms with Crippen LogP contribution in [0.5, 0.6) is 0 Å². The van der Waals surface area contributed by atoms with E-state index in [0.717, 1.165) is 56.8 Å². The van der Waals surface area contributed by atoms with Crippen LogP contribution in [0.25, 0.3) is 0 Å². The maximum absolute atomic E-state index is 12.3. The zero-order chi connectivity index (χ0) is 43.8. The average molecular weight is 883 g/mol. The number of carbonyl (C=O) groups is 2. The minimum Gasteiger partial charge on any atom is -0.456 e. The van der Waals surface area contributed by atoms with Crippen molar-refractivity contribution in [1.82, 2.24) is 0 Å². The fraction of sp³-hybridized carbons (Fsp3) is 0.878. The van der Waals surface area contributed by atoms with Crippen LogP contribution in [0.1, 0.15) is 131 Å². The van der Waals surface area contributed by atoms with E-state index in [-0.39, 0.29) is 116 Å². The summed E-state index contributed by atoms with van der Waals surface area (Å²) in [5.74, 6) is -0.126. The van der Waals surface area contributed by atoms with E-state index < -0.39 is 28.5 Å². The fourth-order valence-electron chi connectivity index (χ4n) is 14.1. The van der Waals surface area contributed by atoms with E-state index in [1.54, 1.807) is 6.08 Å². The molecule has 11 rings (SSSR count). The Morgan fingerprint density at radius 2 is 1.35 bits per heavy atom. The number of carbonyl (C=O) groups excluding carboxylic acids is 2. The smallest absolute Gasteiger partial charge is 0.331 e. The lowest BCUT2D eigenvalue weighted by atomic mass is 9.75. The number of ether oxygens (including phenoxy) is 11. The van der Waals surface area contributed by atoms with E-state index in [4.69, 9.17) is 52.1 Å². The lowest BCUT2D eigenvalue weighted by Gasteiger charge is -2.59. The molecule has 63 heavy (non-hydrogen) atoms. The summed E-state index contributed by atoms with van der Waals surface area (Å²) in [6.07, 6.45) is 8.26. The molecule has 0 aromatic heterocycles. The molecule has 1 N–H and O–H groups in total. The van der Waals surface area contributed by atoms with Gasteiger partial charge in [-0.2, -0.15) is 0 Å². The molecule has 0 saturated carbocycles. The van der Waals surface area contributed by atoms with Crippen LogP contribution in [0.15, 0.2) is 23.8 Å². The van der Waals surface area contributed by atoms with E-state index in [0.29, 0.717) is 50.5 Å². The van der Waals surface area contributed by atoms with Crippen LogP contribution in [-0.4, -0.2) is 150 Å². The highest BCUT2D eigenvalue weighted by Gasteiger charge is 2.63. The normalized spacial score (nSPS) is 56.2. The Hall–Kier alpha value is -1.82. The number of rotatable bonds is 3. The number of hydrogen-bond donors (Lipinski definition) is 1. The van der Waals surface area contributed by atoms with E-state index in [2.05, 4.69) is 34.3 Å². The number of esters is 1. The Kier molecular flexibility index (Phi) is 11.0. The molecular formula is C49H70O14. The van der Waals surface area contributed by atoms with Gasteiger partial charge in [0.05, 0.1) is 114 Å². The molecule has 11 aliphatic rings. The summed E-state index contributed by atoms with van der Waals surface area (Å²) < 4.78 is 75.4. The Morgan fingerprint density at radius 1 is 0.698 bits per heavy atom. The van der Waals surface area contributed by atoms with Gasteiger partial charge in [-0.3, -0.25) is 4.79 Å². The van der Waals surface area contributed by atoms with Gasteiger partial charge in [0.1, 0.15) is 24.1 Å². The second kappa shape index (κ2) is 15.9. The molecule has 0 aromatic carbocycles. The molecule has 11 aliphatic heterocycles. The number of aliphatic hydroxyl groups is 1. The third-order valence-corrected chi connectivity index (χ3v) is 17.7. The van der Waals surface area contributed by atoms with Gasteiger partial charge in [-0.25, -0.2) is 4.79 Å². The monoisotopic (exact) mass is 882 g/mol. The highest BCUT2D eigenvalue weighted by molar-refractivity contribution is 5.84. The summed E-state index contributed by atoms with van der Waals surface area (Å²) in [7, 11) is 0. The van der Waals surface area contributed by atoms with Crippen LogP contribution < -0.4 is 0 Å². The third kappa shape index (κ3) is 7.56. The number of aliphatic hydroxyl groups excluding tert-OH is 1. The van der Waals surface area contributed by atoms with Crippen molar-refractivity contribution in [2.45, 2.75) is 264 Å². The van der Waals surface area contributed by atoms with E-state index >= 15 is 0 Å². The van der Waals surface area contributed by atoms with Gasteiger partial charge in [0.2, 0.25) is 0 Å². The van der Waals surface area contributed by atoms with Crippen molar-refractivity contribution < 1.29 is 66.8 Å². The lowest BCUT2D eigenvalue weighted by molar-refractivity contribution is -0.348. The fourth-order valence-corrected chi connectivity index (χ4v) is 14.1. The maximum Gasteiger partial charge on any atom is 0.331 e. The molecule has 10 saturated heterocycles. The van der Waals surface area contributed by atoms with Gasteiger partial charge < -0.3 is 57.2 Å². The number of hydrogen-bond acceptors (Lipinski definition) is 14.